The van der Waals surface area contributed by atoms with Gasteiger partial charge in [-0.2, -0.15) is 0 Å². The van der Waals surface area contributed by atoms with E-state index in [0.717, 1.165) is 28.4 Å². The lowest BCUT2D eigenvalue weighted by Crippen LogP contribution is -2.25. The standard InChI is InChI=1S/C32H25ClN4O5S/c1-18(41-23-9-5-19(6-10-23)15-28-31(39)37-32(40)43-28)29-35-26-14-13-25(17-27(26)36-29)42-24-11-7-22(8-12-24)34-30(38)20-3-2-4-21(33)16-20/h2-14,16-18,28H,15H2,1H3,(H,34,38)(H,35,36)(H,37,39,40). The number of rotatable bonds is 9. The van der Waals surface area contributed by atoms with Crippen molar-refractivity contribution in [2.45, 2.75) is 24.7 Å². The number of nitrogens with one attached hydrogen (secondary N) is 3. The van der Waals surface area contributed by atoms with E-state index in [1.165, 1.54) is 0 Å². The summed E-state index contributed by atoms with van der Waals surface area (Å²) in [6.07, 6.45) is 0.113. The molecule has 0 saturated carbocycles. The molecule has 0 aliphatic carbocycles. The number of ether oxygens (including phenoxy) is 2. The van der Waals surface area contributed by atoms with E-state index < -0.39 is 5.25 Å². The van der Waals surface area contributed by atoms with Gasteiger partial charge in [0, 0.05) is 22.3 Å². The lowest BCUT2D eigenvalue weighted by molar-refractivity contribution is -0.118. The summed E-state index contributed by atoms with van der Waals surface area (Å²) < 4.78 is 12.1. The lowest BCUT2D eigenvalue weighted by Gasteiger charge is -2.13. The summed E-state index contributed by atoms with van der Waals surface area (Å²) in [4.78, 5) is 43.7. The SMILES string of the molecule is CC(Oc1ccc(CC2SC(=O)NC2=O)cc1)c1nc2ccc(Oc3ccc(NC(=O)c4cccc(Cl)c4)cc3)cc2[nH]1. The maximum Gasteiger partial charge on any atom is 0.286 e. The van der Waals surface area contributed by atoms with E-state index in [2.05, 4.69) is 20.6 Å². The van der Waals surface area contributed by atoms with Gasteiger partial charge in [0.05, 0.1) is 16.3 Å². The molecular weight excluding hydrogens is 588 g/mol. The van der Waals surface area contributed by atoms with E-state index in [9.17, 15) is 14.4 Å². The number of H-pyrrole nitrogens is 1. The summed E-state index contributed by atoms with van der Waals surface area (Å²) in [5.74, 6) is 2.05. The van der Waals surface area contributed by atoms with Gasteiger partial charge in [-0.05, 0) is 85.6 Å². The van der Waals surface area contributed by atoms with Crippen molar-refractivity contribution in [3.63, 3.8) is 0 Å². The molecule has 2 heterocycles. The predicted molar refractivity (Wildman–Crippen MR) is 166 cm³/mol. The number of thioether (sulfide) groups is 1. The molecule has 4 aromatic carbocycles. The molecular formula is C32H25ClN4O5S. The Morgan fingerprint density at radius 1 is 0.977 bits per heavy atom. The van der Waals surface area contributed by atoms with Crippen molar-refractivity contribution in [2.24, 2.45) is 0 Å². The highest BCUT2D eigenvalue weighted by Gasteiger charge is 2.31. The van der Waals surface area contributed by atoms with Crippen LogP contribution in [0.25, 0.3) is 11.0 Å². The van der Waals surface area contributed by atoms with Crippen LogP contribution in [0.4, 0.5) is 10.5 Å². The minimum atomic E-state index is -0.407. The number of aromatic amines is 1. The third-order valence-corrected chi connectivity index (χ3v) is 7.93. The Kier molecular flexibility index (Phi) is 8.04. The Bertz CT molecular complexity index is 1820. The number of hydrogen-bond acceptors (Lipinski definition) is 7. The fourth-order valence-corrected chi connectivity index (χ4v) is 5.60. The van der Waals surface area contributed by atoms with Gasteiger partial charge < -0.3 is 19.8 Å². The molecule has 1 aliphatic rings. The zero-order chi connectivity index (χ0) is 29.9. The number of halogens is 1. The largest absolute Gasteiger partial charge is 0.483 e. The summed E-state index contributed by atoms with van der Waals surface area (Å²) >= 11 is 7.00. The van der Waals surface area contributed by atoms with Crippen molar-refractivity contribution in [3.05, 3.63) is 113 Å². The van der Waals surface area contributed by atoms with Crippen molar-refractivity contribution in [2.75, 3.05) is 5.32 Å². The highest BCUT2D eigenvalue weighted by atomic mass is 35.5. The number of carbonyl (C=O) groups is 3. The van der Waals surface area contributed by atoms with Crippen LogP contribution in [0.5, 0.6) is 17.2 Å². The first kappa shape index (κ1) is 28.3. The van der Waals surface area contributed by atoms with Crippen molar-refractivity contribution < 1.29 is 23.9 Å². The van der Waals surface area contributed by atoms with Crippen molar-refractivity contribution in [3.8, 4) is 17.2 Å². The Morgan fingerprint density at radius 3 is 2.44 bits per heavy atom. The molecule has 3 N–H and O–H groups in total. The molecule has 6 rings (SSSR count). The third kappa shape index (κ3) is 6.82. The molecule has 1 aromatic heterocycles. The normalized spacial score (nSPS) is 15.3. The van der Waals surface area contributed by atoms with Crippen molar-refractivity contribution in [1.82, 2.24) is 15.3 Å². The maximum absolute atomic E-state index is 12.5. The molecule has 5 aromatic rings. The zero-order valence-corrected chi connectivity index (χ0v) is 24.4. The average molecular weight is 613 g/mol. The summed E-state index contributed by atoms with van der Waals surface area (Å²) in [6.45, 7) is 1.90. The molecule has 0 spiro atoms. The van der Waals surface area contributed by atoms with Crippen molar-refractivity contribution in [1.29, 1.82) is 0 Å². The van der Waals surface area contributed by atoms with E-state index in [1.807, 2.05) is 49.4 Å². The first-order chi connectivity index (χ1) is 20.8. The quantitative estimate of drug-likeness (QED) is 0.160. The first-order valence-corrected chi connectivity index (χ1v) is 14.7. The summed E-state index contributed by atoms with van der Waals surface area (Å²) in [5.41, 5.74) is 3.62. The van der Waals surface area contributed by atoms with Crippen LogP contribution in [0, 0.1) is 0 Å². The van der Waals surface area contributed by atoms with Gasteiger partial charge in [-0.3, -0.25) is 19.7 Å². The highest BCUT2D eigenvalue weighted by Crippen LogP contribution is 2.29. The fraction of sp³-hybridized carbons (Fsp3) is 0.125. The minimum Gasteiger partial charge on any atom is -0.483 e. The Balaban J connectivity index is 1.06. The van der Waals surface area contributed by atoms with E-state index >= 15 is 0 Å². The second kappa shape index (κ2) is 12.2. The fourth-order valence-electron chi connectivity index (χ4n) is 4.55. The van der Waals surface area contributed by atoms with Gasteiger partial charge in [0.2, 0.25) is 5.91 Å². The van der Waals surface area contributed by atoms with Gasteiger partial charge >= 0.3 is 0 Å². The molecule has 2 unspecified atom stereocenters. The van der Waals surface area contributed by atoms with Crippen LogP contribution < -0.4 is 20.1 Å². The number of aromatic nitrogens is 2. The number of imide groups is 1. The van der Waals surface area contributed by atoms with Crippen LogP contribution in [0.1, 0.15) is 34.8 Å². The summed E-state index contributed by atoms with van der Waals surface area (Å²) in [5, 5.41) is 4.94. The third-order valence-electron chi connectivity index (χ3n) is 6.72. The second-order valence-electron chi connectivity index (χ2n) is 9.88. The van der Waals surface area contributed by atoms with E-state index in [4.69, 9.17) is 21.1 Å². The number of hydrogen-bond donors (Lipinski definition) is 3. The van der Waals surface area contributed by atoms with Gasteiger partial charge in [0.1, 0.15) is 23.1 Å². The van der Waals surface area contributed by atoms with Crippen molar-refractivity contribution >= 4 is 57.1 Å². The van der Waals surface area contributed by atoms with Crippen LogP contribution >= 0.6 is 23.4 Å². The minimum absolute atomic E-state index is 0.250. The van der Waals surface area contributed by atoms with Crippen LogP contribution in [-0.2, 0) is 11.2 Å². The Labute approximate surface area is 255 Å². The number of imidazole rings is 1. The molecule has 3 amide bonds. The van der Waals surface area contributed by atoms with Gasteiger partial charge in [-0.1, -0.05) is 41.6 Å². The van der Waals surface area contributed by atoms with Gasteiger partial charge in [-0.25, -0.2) is 4.98 Å². The van der Waals surface area contributed by atoms with Crippen LogP contribution in [0.3, 0.4) is 0 Å². The molecule has 0 bridgehead atoms. The zero-order valence-electron chi connectivity index (χ0n) is 22.8. The molecule has 11 heteroatoms. The van der Waals surface area contributed by atoms with E-state index in [-0.39, 0.29) is 23.2 Å². The van der Waals surface area contributed by atoms with Crippen LogP contribution in [0.15, 0.2) is 91.0 Å². The lowest BCUT2D eigenvalue weighted by atomic mass is 10.1. The Morgan fingerprint density at radius 2 is 1.72 bits per heavy atom. The number of carbonyl (C=O) groups excluding carboxylic acids is 3. The van der Waals surface area contributed by atoms with Gasteiger partial charge in [0.25, 0.3) is 11.1 Å². The smallest absolute Gasteiger partial charge is 0.286 e. The molecule has 2 atom stereocenters. The van der Waals surface area contributed by atoms with Crippen LogP contribution in [0.2, 0.25) is 5.02 Å². The summed E-state index contributed by atoms with van der Waals surface area (Å²) in [7, 11) is 0. The molecule has 1 aliphatic heterocycles. The van der Waals surface area contributed by atoms with E-state index in [1.54, 1.807) is 48.5 Å². The molecule has 216 valence electrons. The topological polar surface area (TPSA) is 122 Å². The highest BCUT2D eigenvalue weighted by molar-refractivity contribution is 8.15. The maximum atomic E-state index is 12.5. The van der Waals surface area contributed by atoms with Crippen LogP contribution in [-0.4, -0.2) is 32.3 Å². The average Bonchev–Trinajstić information content (AvgIpc) is 3.56. The van der Waals surface area contributed by atoms with Gasteiger partial charge in [0.15, 0.2) is 6.10 Å². The Hall–Kier alpha value is -4.80. The molecule has 43 heavy (non-hydrogen) atoms. The van der Waals surface area contributed by atoms with Gasteiger partial charge in [-0.15, -0.1) is 0 Å². The molecule has 1 saturated heterocycles. The monoisotopic (exact) mass is 612 g/mol. The first-order valence-electron chi connectivity index (χ1n) is 13.4. The number of amides is 3. The summed E-state index contributed by atoms with van der Waals surface area (Å²) in [6, 6.07) is 26.9. The predicted octanol–water partition coefficient (Wildman–Crippen LogP) is 7.30. The molecule has 0 radical (unpaired) electrons. The number of benzene rings is 4. The molecule has 9 nitrogen and oxygen atoms in total. The number of nitrogens with zero attached hydrogens (tertiary/aromatic N) is 1. The second-order valence-corrected chi connectivity index (χ2v) is 11.5. The molecule has 1 fully saturated rings. The van der Waals surface area contributed by atoms with E-state index in [0.29, 0.717) is 45.8 Å². The number of anilines is 1. The number of fused-ring (bicyclic) bond motifs is 1.